The average molecular weight is 316 g/mol. The van der Waals surface area contributed by atoms with E-state index in [1.165, 1.54) is 0 Å². The number of likely N-dealkylation sites (N-methyl/N-ethyl adjacent to an activating group) is 1. The molecule has 0 atom stereocenters. The van der Waals surface area contributed by atoms with Gasteiger partial charge in [-0.1, -0.05) is 12.1 Å². The summed E-state index contributed by atoms with van der Waals surface area (Å²) in [5.74, 6) is 0.866. The van der Waals surface area contributed by atoms with Crippen LogP contribution in [0.3, 0.4) is 0 Å². The fraction of sp³-hybridized carbons (Fsp3) is 0.533. The molecule has 1 aromatic rings. The van der Waals surface area contributed by atoms with Crippen LogP contribution in [0.1, 0.15) is 12.0 Å². The third kappa shape index (κ3) is 9.28. The Balaban J connectivity index is 0.00000400. The third-order valence-electron chi connectivity index (χ3n) is 2.77. The number of rotatable bonds is 9. The van der Waals surface area contributed by atoms with Crippen LogP contribution in [0.25, 0.3) is 0 Å². The largest absolute Gasteiger partial charge is 0.494 e. The van der Waals surface area contributed by atoms with Crippen LogP contribution in [0.2, 0.25) is 0 Å². The van der Waals surface area contributed by atoms with Crippen molar-refractivity contribution in [1.29, 1.82) is 0 Å². The number of amides is 1. The third-order valence-corrected chi connectivity index (χ3v) is 2.77. The van der Waals surface area contributed by atoms with E-state index in [1.807, 2.05) is 24.3 Å². The van der Waals surface area contributed by atoms with E-state index in [-0.39, 0.29) is 18.3 Å². The highest BCUT2D eigenvalue weighted by atomic mass is 35.5. The van der Waals surface area contributed by atoms with E-state index >= 15 is 0 Å². The highest BCUT2D eigenvalue weighted by Crippen LogP contribution is 2.12. The average Bonchev–Trinajstić information content (AvgIpc) is 2.43. The molecule has 0 spiro atoms. The number of ether oxygens (including phenoxy) is 1. The lowest BCUT2D eigenvalue weighted by molar-refractivity contribution is -0.120. The van der Waals surface area contributed by atoms with Crippen molar-refractivity contribution in [2.45, 2.75) is 13.0 Å². The van der Waals surface area contributed by atoms with Gasteiger partial charge in [0.25, 0.3) is 0 Å². The maximum absolute atomic E-state index is 11.3. The van der Waals surface area contributed by atoms with Crippen molar-refractivity contribution in [2.75, 3.05) is 40.8 Å². The van der Waals surface area contributed by atoms with Crippen LogP contribution < -0.4 is 15.4 Å². The molecular weight excluding hydrogens is 290 g/mol. The quantitative estimate of drug-likeness (QED) is 0.674. The van der Waals surface area contributed by atoms with E-state index in [2.05, 4.69) is 29.6 Å². The van der Waals surface area contributed by atoms with E-state index in [0.717, 1.165) is 30.9 Å². The molecule has 0 bridgehead atoms. The summed E-state index contributed by atoms with van der Waals surface area (Å²) < 4.78 is 5.65. The van der Waals surface area contributed by atoms with E-state index in [1.54, 1.807) is 7.05 Å². The van der Waals surface area contributed by atoms with Crippen molar-refractivity contribution >= 4 is 18.3 Å². The number of nitrogens with zero attached hydrogens (tertiary/aromatic N) is 1. The minimum Gasteiger partial charge on any atom is -0.494 e. The van der Waals surface area contributed by atoms with Crippen molar-refractivity contribution in [2.24, 2.45) is 0 Å². The van der Waals surface area contributed by atoms with Gasteiger partial charge in [-0.15, -0.1) is 12.4 Å². The van der Waals surface area contributed by atoms with Gasteiger partial charge in [0, 0.05) is 13.1 Å². The second kappa shape index (κ2) is 11.4. The summed E-state index contributed by atoms with van der Waals surface area (Å²) in [6, 6.07) is 7.83. The molecule has 0 aliphatic carbocycles. The zero-order chi connectivity index (χ0) is 14.8. The minimum absolute atomic E-state index is 0. The number of carbonyl (C=O) groups excluding carboxylic acids is 1. The van der Waals surface area contributed by atoms with Crippen molar-refractivity contribution in [3.05, 3.63) is 29.8 Å². The zero-order valence-electron chi connectivity index (χ0n) is 13.0. The molecule has 0 radical (unpaired) electrons. The van der Waals surface area contributed by atoms with E-state index in [0.29, 0.717) is 13.1 Å². The fourth-order valence-corrected chi connectivity index (χ4v) is 1.70. The molecule has 0 saturated carbocycles. The van der Waals surface area contributed by atoms with Crippen molar-refractivity contribution < 1.29 is 9.53 Å². The molecule has 6 heteroatoms. The summed E-state index contributed by atoms with van der Waals surface area (Å²) in [4.78, 5) is 13.4. The number of carbonyl (C=O) groups is 1. The Kier molecular flexibility index (Phi) is 10.7. The summed E-state index contributed by atoms with van der Waals surface area (Å²) in [6.45, 7) is 2.63. The Labute approximate surface area is 133 Å². The van der Waals surface area contributed by atoms with Crippen LogP contribution in [-0.4, -0.2) is 51.6 Å². The molecule has 0 fully saturated rings. The van der Waals surface area contributed by atoms with Crippen LogP contribution in [0.15, 0.2) is 24.3 Å². The minimum atomic E-state index is -0.00323. The maximum atomic E-state index is 11.3. The maximum Gasteiger partial charge on any atom is 0.234 e. The molecule has 21 heavy (non-hydrogen) atoms. The SMILES string of the molecule is CNCC(=O)NCc1ccc(OCCCN(C)C)cc1.Cl. The number of halogens is 1. The molecule has 5 nitrogen and oxygen atoms in total. The molecule has 2 N–H and O–H groups in total. The molecule has 1 aromatic carbocycles. The van der Waals surface area contributed by atoms with Crippen LogP contribution in [0, 0.1) is 0 Å². The lowest BCUT2D eigenvalue weighted by Crippen LogP contribution is -2.31. The summed E-state index contributed by atoms with van der Waals surface area (Å²) in [5, 5.41) is 5.65. The Morgan fingerprint density at radius 2 is 1.90 bits per heavy atom. The van der Waals surface area contributed by atoms with Gasteiger partial charge in [-0.3, -0.25) is 4.79 Å². The molecule has 1 rings (SSSR count). The number of hydrogen-bond acceptors (Lipinski definition) is 4. The van der Waals surface area contributed by atoms with Gasteiger partial charge in [0.1, 0.15) is 5.75 Å². The van der Waals surface area contributed by atoms with Crippen LogP contribution in [-0.2, 0) is 11.3 Å². The van der Waals surface area contributed by atoms with Gasteiger partial charge in [-0.2, -0.15) is 0 Å². The molecule has 0 aliphatic heterocycles. The Morgan fingerprint density at radius 3 is 2.48 bits per heavy atom. The molecule has 0 saturated heterocycles. The summed E-state index contributed by atoms with van der Waals surface area (Å²) in [5.41, 5.74) is 1.06. The molecule has 0 heterocycles. The van der Waals surface area contributed by atoms with Crippen LogP contribution in [0.5, 0.6) is 5.75 Å². The first-order chi connectivity index (χ1) is 9.61. The second-order valence-corrected chi connectivity index (χ2v) is 4.96. The summed E-state index contributed by atoms with van der Waals surface area (Å²) in [7, 11) is 5.86. The highest BCUT2D eigenvalue weighted by molar-refractivity contribution is 5.85. The number of benzene rings is 1. The highest BCUT2D eigenvalue weighted by Gasteiger charge is 2.00. The molecule has 1 amide bonds. The predicted molar refractivity (Wildman–Crippen MR) is 88.1 cm³/mol. The van der Waals surface area contributed by atoms with Gasteiger partial charge in [0.2, 0.25) is 5.91 Å². The first-order valence-corrected chi connectivity index (χ1v) is 6.89. The fourth-order valence-electron chi connectivity index (χ4n) is 1.70. The van der Waals surface area contributed by atoms with Gasteiger partial charge in [0.15, 0.2) is 0 Å². The van der Waals surface area contributed by atoms with Crippen LogP contribution in [0.4, 0.5) is 0 Å². The smallest absolute Gasteiger partial charge is 0.234 e. The first kappa shape index (κ1) is 19.7. The summed E-state index contributed by atoms with van der Waals surface area (Å²) >= 11 is 0. The molecule has 120 valence electrons. The van der Waals surface area contributed by atoms with Gasteiger partial charge in [-0.25, -0.2) is 0 Å². The van der Waals surface area contributed by atoms with E-state index in [9.17, 15) is 4.79 Å². The lowest BCUT2D eigenvalue weighted by atomic mass is 10.2. The standard InChI is InChI=1S/C15H25N3O2.ClH/c1-16-12-15(19)17-11-13-5-7-14(8-6-13)20-10-4-9-18(2)3;/h5-8,16H,4,9-12H2,1-3H3,(H,17,19);1H. The first-order valence-electron chi connectivity index (χ1n) is 6.89. The Hall–Kier alpha value is -1.30. The van der Waals surface area contributed by atoms with Gasteiger partial charge < -0.3 is 20.3 Å². The van der Waals surface area contributed by atoms with Crippen molar-refractivity contribution in [3.8, 4) is 5.75 Å². The van der Waals surface area contributed by atoms with Gasteiger partial charge in [0.05, 0.1) is 13.2 Å². The zero-order valence-corrected chi connectivity index (χ0v) is 13.8. The summed E-state index contributed by atoms with van der Waals surface area (Å²) in [6.07, 6.45) is 1.01. The topological polar surface area (TPSA) is 53.6 Å². The second-order valence-electron chi connectivity index (χ2n) is 4.96. The Morgan fingerprint density at radius 1 is 1.24 bits per heavy atom. The van der Waals surface area contributed by atoms with Crippen molar-refractivity contribution in [1.82, 2.24) is 15.5 Å². The monoisotopic (exact) mass is 315 g/mol. The van der Waals surface area contributed by atoms with E-state index in [4.69, 9.17) is 4.74 Å². The van der Waals surface area contributed by atoms with Crippen molar-refractivity contribution in [3.63, 3.8) is 0 Å². The molecule has 0 aromatic heterocycles. The molecule has 0 unspecified atom stereocenters. The number of hydrogen-bond donors (Lipinski definition) is 2. The lowest BCUT2D eigenvalue weighted by Gasteiger charge is -2.11. The normalized spacial score (nSPS) is 10.1. The van der Waals surface area contributed by atoms with E-state index < -0.39 is 0 Å². The number of nitrogens with one attached hydrogen (secondary N) is 2. The molecular formula is C15H26ClN3O2. The van der Waals surface area contributed by atoms with Crippen LogP contribution >= 0.6 is 12.4 Å². The predicted octanol–water partition coefficient (Wildman–Crippen LogP) is 1.27. The van der Waals surface area contributed by atoms with Gasteiger partial charge in [-0.05, 0) is 45.3 Å². The van der Waals surface area contributed by atoms with Gasteiger partial charge >= 0.3 is 0 Å². The molecule has 0 aliphatic rings. The Bertz CT molecular complexity index is 396.